The molecule has 1 saturated carbocycles. The molecule has 1 amide bonds. The predicted octanol–water partition coefficient (Wildman–Crippen LogP) is 4.21. The van der Waals surface area contributed by atoms with E-state index in [0.717, 1.165) is 29.7 Å². The predicted molar refractivity (Wildman–Crippen MR) is 100 cm³/mol. The summed E-state index contributed by atoms with van der Waals surface area (Å²) < 4.78 is 0. The van der Waals surface area contributed by atoms with E-state index in [9.17, 15) is 4.79 Å². The fourth-order valence-electron chi connectivity index (χ4n) is 3.39. The van der Waals surface area contributed by atoms with E-state index in [1.165, 1.54) is 19.3 Å². The summed E-state index contributed by atoms with van der Waals surface area (Å²) in [6.45, 7) is 5.92. The molecule has 1 aliphatic rings. The number of nitrogens with one attached hydrogen (secondary N) is 2. The molecule has 0 spiro atoms. The zero-order chi connectivity index (χ0) is 17.8. The number of anilines is 2. The number of para-hydroxylation sites is 1. The normalized spacial score (nSPS) is 15.0. The summed E-state index contributed by atoms with van der Waals surface area (Å²) in [6, 6.07) is 8.15. The van der Waals surface area contributed by atoms with Crippen LogP contribution >= 0.6 is 0 Å². The van der Waals surface area contributed by atoms with Gasteiger partial charge in [-0.2, -0.15) is 0 Å². The lowest BCUT2D eigenvalue weighted by atomic mass is 9.95. The molecule has 5 heteroatoms. The first kappa shape index (κ1) is 17.4. The molecule has 3 rings (SSSR count). The highest BCUT2D eigenvalue weighted by Crippen LogP contribution is 2.24. The van der Waals surface area contributed by atoms with Gasteiger partial charge in [0.25, 0.3) is 5.91 Å². The maximum Gasteiger partial charge on any atom is 0.270 e. The Kier molecular flexibility index (Phi) is 5.31. The summed E-state index contributed by atoms with van der Waals surface area (Å²) in [7, 11) is 0. The van der Waals surface area contributed by atoms with Crippen molar-refractivity contribution in [3.8, 4) is 0 Å². The average molecular weight is 338 g/mol. The van der Waals surface area contributed by atoms with E-state index in [1.54, 1.807) is 6.07 Å². The van der Waals surface area contributed by atoms with Gasteiger partial charge in [0.2, 0.25) is 0 Å². The van der Waals surface area contributed by atoms with Crippen LogP contribution in [0.15, 0.2) is 24.3 Å². The molecular weight excluding hydrogens is 312 g/mol. The maximum atomic E-state index is 12.6. The van der Waals surface area contributed by atoms with E-state index >= 15 is 0 Å². The van der Waals surface area contributed by atoms with Gasteiger partial charge in [-0.25, -0.2) is 9.97 Å². The lowest BCUT2D eigenvalue weighted by Gasteiger charge is -2.22. The maximum absolute atomic E-state index is 12.6. The van der Waals surface area contributed by atoms with Gasteiger partial charge in [-0.3, -0.25) is 4.79 Å². The fourth-order valence-corrected chi connectivity index (χ4v) is 3.39. The van der Waals surface area contributed by atoms with Crippen LogP contribution in [-0.4, -0.2) is 21.9 Å². The van der Waals surface area contributed by atoms with Gasteiger partial charge in [0.1, 0.15) is 17.3 Å². The van der Waals surface area contributed by atoms with Crippen molar-refractivity contribution in [3.05, 3.63) is 46.9 Å². The summed E-state index contributed by atoms with van der Waals surface area (Å²) in [6.07, 6.45) is 5.76. The number of carbonyl (C=O) groups excluding carboxylic acids is 1. The first-order valence-electron chi connectivity index (χ1n) is 9.03. The van der Waals surface area contributed by atoms with Gasteiger partial charge in [-0.1, -0.05) is 37.5 Å². The molecule has 25 heavy (non-hydrogen) atoms. The fraction of sp³-hybridized carbons (Fsp3) is 0.450. The third kappa shape index (κ3) is 4.35. The van der Waals surface area contributed by atoms with Crippen LogP contribution < -0.4 is 10.6 Å². The van der Waals surface area contributed by atoms with Crippen molar-refractivity contribution in [2.24, 2.45) is 0 Å². The zero-order valence-electron chi connectivity index (χ0n) is 15.2. The molecule has 0 radical (unpaired) electrons. The van der Waals surface area contributed by atoms with Crippen molar-refractivity contribution in [1.82, 2.24) is 15.3 Å². The second kappa shape index (κ2) is 7.64. The van der Waals surface area contributed by atoms with E-state index in [2.05, 4.69) is 46.6 Å². The lowest BCUT2D eigenvalue weighted by molar-refractivity contribution is 0.0922. The van der Waals surface area contributed by atoms with E-state index in [4.69, 9.17) is 0 Å². The van der Waals surface area contributed by atoms with Gasteiger partial charge in [-0.05, 0) is 44.7 Å². The summed E-state index contributed by atoms with van der Waals surface area (Å²) in [5.74, 6) is 1.13. The van der Waals surface area contributed by atoms with E-state index < -0.39 is 0 Å². The number of nitrogens with zero attached hydrogens (tertiary/aromatic N) is 2. The lowest BCUT2D eigenvalue weighted by Crippen LogP contribution is -2.36. The van der Waals surface area contributed by atoms with E-state index in [0.29, 0.717) is 17.3 Å². The van der Waals surface area contributed by atoms with Gasteiger partial charge in [0, 0.05) is 17.8 Å². The Hall–Kier alpha value is -2.43. The second-order valence-electron chi connectivity index (χ2n) is 6.89. The number of benzene rings is 1. The Morgan fingerprint density at radius 2 is 1.72 bits per heavy atom. The molecule has 5 nitrogen and oxygen atoms in total. The molecule has 1 aromatic heterocycles. The molecule has 1 heterocycles. The van der Waals surface area contributed by atoms with Gasteiger partial charge in [-0.15, -0.1) is 0 Å². The van der Waals surface area contributed by atoms with Crippen LogP contribution in [0.1, 0.15) is 59.5 Å². The summed E-state index contributed by atoms with van der Waals surface area (Å²) >= 11 is 0. The Morgan fingerprint density at radius 3 is 2.40 bits per heavy atom. The van der Waals surface area contributed by atoms with Crippen LogP contribution in [0.2, 0.25) is 0 Å². The number of aromatic nitrogens is 2. The number of carbonyl (C=O) groups is 1. The number of aryl methyl sites for hydroxylation is 3. The van der Waals surface area contributed by atoms with Crippen molar-refractivity contribution in [1.29, 1.82) is 0 Å². The third-order valence-electron chi connectivity index (χ3n) is 4.75. The van der Waals surface area contributed by atoms with Crippen LogP contribution in [0, 0.1) is 20.8 Å². The first-order valence-corrected chi connectivity index (χ1v) is 9.03. The molecule has 132 valence electrons. The summed E-state index contributed by atoms with van der Waals surface area (Å²) in [5, 5.41) is 6.47. The van der Waals surface area contributed by atoms with E-state index in [-0.39, 0.29) is 11.9 Å². The Labute approximate surface area is 149 Å². The topological polar surface area (TPSA) is 66.9 Å². The molecule has 1 aliphatic carbocycles. The molecule has 0 unspecified atom stereocenters. The molecule has 1 aromatic carbocycles. The number of hydrogen-bond acceptors (Lipinski definition) is 4. The average Bonchev–Trinajstić information content (AvgIpc) is 2.59. The highest BCUT2D eigenvalue weighted by atomic mass is 16.1. The third-order valence-corrected chi connectivity index (χ3v) is 4.75. The Balaban J connectivity index is 1.79. The van der Waals surface area contributed by atoms with Crippen LogP contribution in [0.25, 0.3) is 0 Å². The van der Waals surface area contributed by atoms with Gasteiger partial charge in [0.15, 0.2) is 0 Å². The SMILES string of the molecule is Cc1nc(Nc2c(C)cccc2C)cc(C(=O)NC2CCCCC2)n1. The van der Waals surface area contributed by atoms with Crippen molar-refractivity contribution in [2.75, 3.05) is 5.32 Å². The van der Waals surface area contributed by atoms with Crippen molar-refractivity contribution < 1.29 is 4.79 Å². The van der Waals surface area contributed by atoms with Crippen LogP contribution in [0.3, 0.4) is 0 Å². The number of amides is 1. The number of rotatable bonds is 4. The van der Waals surface area contributed by atoms with Crippen molar-refractivity contribution in [3.63, 3.8) is 0 Å². The summed E-state index contributed by atoms with van der Waals surface area (Å²) in [4.78, 5) is 21.3. The molecule has 0 aliphatic heterocycles. The zero-order valence-corrected chi connectivity index (χ0v) is 15.2. The molecule has 1 fully saturated rings. The minimum Gasteiger partial charge on any atom is -0.348 e. The largest absolute Gasteiger partial charge is 0.348 e. The van der Waals surface area contributed by atoms with Crippen molar-refractivity contribution >= 4 is 17.4 Å². The standard InChI is InChI=1S/C20H26N4O/c1-13-8-7-9-14(2)19(13)24-18-12-17(21-15(3)22-18)20(25)23-16-10-5-4-6-11-16/h7-9,12,16H,4-6,10-11H2,1-3H3,(H,23,25)(H,21,22,24). The minimum atomic E-state index is -0.109. The quantitative estimate of drug-likeness (QED) is 0.876. The van der Waals surface area contributed by atoms with Crippen LogP contribution in [0.4, 0.5) is 11.5 Å². The van der Waals surface area contributed by atoms with Gasteiger partial charge in [0.05, 0.1) is 0 Å². The smallest absolute Gasteiger partial charge is 0.270 e. The van der Waals surface area contributed by atoms with Crippen LogP contribution in [0.5, 0.6) is 0 Å². The molecule has 0 saturated heterocycles. The Bertz CT molecular complexity index is 746. The Morgan fingerprint density at radius 1 is 1.04 bits per heavy atom. The molecular formula is C20H26N4O. The molecule has 0 atom stereocenters. The number of hydrogen-bond donors (Lipinski definition) is 2. The van der Waals surface area contributed by atoms with Gasteiger partial charge < -0.3 is 10.6 Å². The van der Waals surface area contributed by atoms with Crippen LogP contribution in [-0.2, 0) is 0 Å². The first-order chi connectivity index (χ1) is 12.0. The second-order valence-corrected chi connectivity index (χ2v) is 6.89. The molecule has 2 aromatic rings. The minimum absolute atomic E-state index is 0.109. The highest BCUT2D eigenvalue weighted by molar-refractivity contribution is 5.93. The molecule has 0 bridgehead atoms. The van der Waals surface area contributed by atoms with Crippen molar-refractivity contribution in [2.45, 2.75) is 58.9 Å². The monoisotopic (exact) mass is 338 g/mol. The highest BCUT2D eigenvalue weighted by Gasteiger charge is 2.18. The van der Waals surface area contributed by atoms with E-state index in [1.807, 2.05) is 13.0 Å². The molecule has 2 N–H and O–H groups in total. The summed E-state index contributed by atoms with van der Waals surface area (Å²) in [5.41, 5.74) is 3.74. The van der Waals surface area contributed by atoms with Gasteiger partial charge >= 0.3 is 0 Å².